The van der Waals surface area contributed by atoms with Gasteiger partial charge in [0.1, 0.15) is 5.82 Å². The molecule has 0 aliphatic heterocycles. The number of aromatic nitrogens is 1. The Balaban J connectivity index is 1.69. The van der Waals surface area contributed by atoms with Crippen LogP contribution in [0.5, 0.6) is 17.2 Å². The van der Waals surface area contributed by atoms with Crippen LogP contribution in [0.4, 0.5) is 4.39 Å². The van der Waals surface area contributed by atoms with E-state index in [1.54, 1.807) is 18.2 Å². The summed E-state index contributed by atoms with van der Waals surface area (Å²) in [6.45, 7) is 1.75. The van der Waals surface area contributed by atoms with Crippen LogP contribution in [-0.2, 0) is 23.2 Å². The number of fused-ring (bicyclic) bond motifs is 1. The van der Waals surface area contributed by atoms with Gasteiger partial charge in [-0.15, -0.1) is 0 Å². The fraction of sp³-hybridized carbons (Fsp3) is 0.241. The first kappa shape index (κ1) is 26.5. The van der Waals surface area contributed by atoms with Gasteiger partial charge in [-0.2, -0.15) is 0 Å². The normalized spacial score (nSPS) is 13.4. The van der Waals surface area contributed by atoms with E-state index in [4.69, 9.17) is 19.3 Å². The SMILES string of the molecule is COc1cc(C=C2C(C)=C(CC(=O)NCc3cccn3C)c3cc(F)ccc32)cc(OC)c1OCC(=O)O. The summed E-state index contributed by atoms with van der Waals surface area (Å²) < 4.78 is 32.5. The molecule has 198 valence electrons. The maximum atomic E-state index is 14.3. The van der Waals surface area contributed by atoms with Crippen molar-refractivity contribution in [1.82, 2.24) is 9.88 Å². The second-order valence-corrected chi connectivity index (χ2v) is 8.85. The number of aliphatic carboxylic acids is 1. The van der Waals surface area contributed by atoms with E-state index >= 15 is 0 Å². The van der Waals surface area contributed by atoms with E-state index in [0.29, 0.717) is 29.2 Å². The van der Waals surface area contributed by atoms with Gasteiger partial charge < -0.3 is 29.2 Å². The topological polar surface area (TPSA) is 99.0 Å². The predicted molar refractivity (Wildman–Crippen MR) is 141 cm³/mol. The van der Waals surface area contributed by atoms with E-state index in [2.05, 4.69) is 5.32 Å². The van der Waals surface area contributed by atoms with Gasteiger partial charge in [0.05, 0.1) is 27.2 Å². The molecule has 1 aromatic heterocycles. The Bertz CT molecular complexity index is 1430. The van der Waals surface area contributed by atoms with Gasteiger partial charge in [-0.1, -0.05) is 6.07 Å². The molecule has 0 radical (unpaired) electrons. The van der Waals surface area contributed by atoms with Crippen molar-refractivity contribution in [1.29, 1.82) is 0 Å². The summed E-state index contributed by atoms with van der Waals surface area (Å²) in [5.41, 5.74) is 5.57. The molecule has 8 nitrogen and oxygen atoms in total. The van der Waals surface area contributed by atoms with E-state index in [1.165, 1.54) is 26.4 Å². The number of carbonyl (C=O) groups excluding carboxylic acids is 1. The molecular formula is C29H29FN2O6. The van der Waals surface area contributed by atoms with Crippen LogP contribution in [-0.4, -0.2) is 42.4 Å². The highest BCUT2D eigenvalue weighted by Gasteiger charge is 2.26. The molecule has 0 fully saturated rings. The molecule has 38 heavy (non-hydrogen) atoms. The van der Waals surface area contributed by atoms with E-state index in [0.717, 1.165) is 28.0 Å². The van der Waals surface area contributed by atoms with Gasteiger partial charge in [0.15, 0.2) is 18.1 Å². The van der Waals surface area contributed by atoms with Gasteiger partial charge >= 0.3 is 5.97 Å². The number of carbonyl (C=O) groups is 2. The van der Waals surface area contributed by atoms with Crippen LogP contribution >= 0.6 is 0 Å². The van der Waals surface area contributed by atoms with E-state index in [1.807, 2.05) is 42.9 Å². The number of methoxy groups -OCH3 is 2. The Morgan fingerprint density at radius 2 is 1.79 bits per heavy atom. The Morgan fingerprint density at radius 1 is 1.08 bits per heavy atom. The lowest BCUT2D eigenvalue weighted by Gasteiger charge is -2.15. The second-order valence-electron chi connectivity index (χ2n) is 8.85. The Morgan fingerprint density at radius 3 is 2.39 bits per heavy atom. The zero-order chi connectivity index (χ0) is 27.4. The van der Waals surface area contributed by atoms with Gasteiger partial charge in [0.2, 0.25) is 11.7 Å². The number of nitrogens with zero attached hydrogens (tertiary/aromatic N) is 1. The minimum Gasteiger partial charge on any atom is -0.493 e. The molecule has 9 heteroatoms. The van der Waals surface area contributed by atoms with Gasteiger partial charge in [-0.25, -0.2) is 9.18 Å². The molecule has 0 spiro atoms. The largest absolute Gasteiger partial charge is 0.493 e. The third-order valence-electron chi connectivity index (χ3n) is 6.44. The molecule has 1 aliphatic carbocycles. The van der Waals surface area contributed by atoms with Crippen LogP contribution in [0.15, 0.2) is 54.2 Å². The van der Waals surface area contributed by atoms with E-state index in [-0.39, 0.29) is 23.9 Å². The average Bonchev–Trinajstić information content (AvgIpc) is 3.41. The predicted octanol–water partition coefficient (Wildman–Crippen LogP) is 4.68. The van der Waals surface area contributed by atoms with Crippen LogP contribution in [0.2, 0.25) is 0 Å². The fourth-order valence-electron chi connectivity index (χ4n) is 4.50. The Labute approximate surface area is 219 Å². The molecule has 1 amide bonds. The summed E-state index contributed by atoms with van der Waals surface area (Å²) in [4.78, 5) is 23.9. The highest BCUT2D eigenvalue weighted by molar-refractivity contribution is 6.08. The number of ether oxygens (including phenoxy) is 3. The van der Waals surface area contributed by atoms with Crippen molar-refractivity contribution in [3.8, 4) is 17.2 Å². The molecule has 1 aliphatic rings. The minimum absolute atomic E-state index is 0.0959. The number of carboxylic acid groups (broad SMARTS) is 1. The van der Waals surface area contributed by atoms with Crippen molar-refractivity contribution in [2.45, 2.75) is 19.9 Å². The lowest BCUT2D eigenvalue weighted by molar-refractivity contribution is -0.139. The number of nitrogens with one attached hydrogen (secondary N) is 1. The van der Waals surface area contributed by atoms with Crippen molar-refractivity contribution in [2.24, 2.45) is 7.05 Å². The lowest BCUT2D eigenvalue weighted by atomic mass is 10.00. The number of hydrogen-bond acceptors (Lipinski definition) is 5. The standard InChI is InChI=1S/C29H29FN2O6/c1-17-22(10-18-11-25(36-3)29(26(12-18)37-4)38-16-28(34)35)21-8-7-19(30)13-24(21)23(17)14-27(33)31-15-20-6-5-9-32(20)2/h5-13H,14-16H2,1-4H3,(H,31,33)(H,34,35). The molecule has 4 rings (SSSR count). The summed E-state index contributed by atoms with van der Waals surface area (Å²) in [6.07, 6.45) is 3.90. The average molecular weight is 521 g/mol. The number of hydrogen-bond donors (Lipinski definition) is 2. The number of amides is 1. The van der Waals surface area contributed by atoms with Crippen LogP contribution in [0.25, 0.3) is 17.2 Å². The Kier molecular flexibility index (Phi) is 7.85. The molecule has 3 aromatic rings. The summed E-state index contributed by atoms with van der Waals surface area (Å²) in [6, 6.07) is 11.8. The first-order valence-electron chi connectivity index (χ1n) is 11.9. The molecule has 0 saturated carbocycles. The molecule has 1 heterocycles. The summed E-state index contributed by atoms with van der Waals surface area (Å²) >= 11 is 0. The Hall–Kier alpha value is -4.53. The monoisotopic (exact) mass is 520 g/mol. The highest BCUT2D eigenvalue weighted by Crippen LogP contribution is 2.45. The van der Waals surface area contributed by atoms with Gasteiger partial charge in [-0.05, 0) is 82.8 Å². The number of carboxylic acids is 1. The number of halogens is 1. The third-order valence-corrected chi connectivity index (χ3v) is 6.44. The first-order valence-corrected chi connectivity index (χ1v) is 11.9. The van der Waals surface area contributed by atoms with Gasteiger partial charge in [0, 0.05) is 18.9 Å². The summed E-state index contributed by atoms with van der Waals surface area (Å²) in [5, 5.41) is 11.9. The third kappa shape index (κ3) is 5.56. The number of benzene rings is 2. The second kappa shape index (κ2) is 11.2. The molecule has 0 saturated heterocycles. The lowest BCUT2D eigenvalue weighted by Crippen LogP contribution is -2.23. The molecule has 0 unspecified atom stereocenters. The zero-order valence-electron chi connectivity index (χ0n) is 21.6. The molecule has 2 N–H and O–H groups in total. The van der Waals surface area contributed by atoms with Crippen molar-refractivity contribution in [3.63, 3.8) is 0 Å². The van der Waals surface area contributed by atoms with Gasteiger partial charge in [-0.3, -0.25) is 4.79 Å². The molecule has 0 bridgehead atoms. The van der Waals surface area contributed by atoms with Gasteiger partial charge in [0.25, 0.3) is 0 Å². The first-order chi connectivity index (χ1) is 18.2. The summed E-state index contributed by atoms with van der Waals surface area (Å²) in [7, 11) is 4.81. The van der Waals surface area contributed by atoms with Crippen molar-refractivity contribution in [2.75, 3.05) is 20.8 Å². The number of rotatable bonds is 10. The number of allylic oxidation sites excluding steroid dienone is 2. The van der Waals surface area contributed by atoms with Crippen molar-refractivity contribution >= 4 is 29.1 Å². The summed E-state index contributed by atoms with van der Waals surface area (Å²) in [5.74, 6) is -0.899. The molecule has 0 atom stereocenters. The zero-order valence-corrected chi connectivity index (χ0v) is 21.6. The maximum absolute atomic E-state index is 14.3. The molecular weight excluding hydrogens is 491 g/mol. The fourth-order valence-corrected chi connectivity index (χ4v) is 4.50. The van der Waals surface area contributed by atoms with E-state index in [9.17, 15) is 14.0 Å². The highest BCUT2D eigenvalue weighted by atomic mass is 19.1. The van der Waals surface area contributed by atoms with Crippen LogP contribution in [0.1, 0.15) is 35.7 Å². The minimum atomic E-state index is -1.13. The maximum Gasteiger partial charge on any atom is 0.341 e. The quantitative estimate of drug-likeness (QED) is 0.403. The molecule has 2 aromatic carbocycles. The smallest absolute Gasteiger partial charge is 0.341 e. The van der Waals surface area contributed by atoms with E-state index < -0.39 is 12.6 Å². The van der Waals surface area contributed by atoms with Crippen molar-refractivity contribution in [3.05, 3.63) is 82.4 Å². The van der Waals surface area contributed by atoms with Crippen LogP contribution < -0.4 is 19.5 Å². The van der Waals surface area contributed by atoms with Crippen LogP contribution in [0, 0.1) is 5.82 Å². The van der Waals surface area contributed by atoms with Crippen molar-refractivity contribution < 1.29 is 33.3 Å². The van der Waals surface area contributed by atoms with Crippen LogP contribution in [0.3, 0.4) is 0 Å². The number of aryl methyl sites for hydroxylation is 1.